The molecule has 0 saturated carbocycles. The second-order valence-electron chi connectivity index (χ2n) is 6.87. The van der Waals surface area contributed by atoms with Crippen LogP contribution in [0.2, 0.25) is 5.02 Å². The largest absolute Gasteiger partial charge is 0.348 e. The fourth-order valence-corrected chi connectivity index (χ4v) is 3.33. The van der Waals surface area contributed by atoms with Crippen LogP contribution in [-0.4, -0.2) is 15.7 Å². The Kier molecular flexibility index (Phi) is 5.13. The van der Waals surface area contributed by atoms with Crippen LogP contribution in [0.4, 0.5) is 0 Å². The third-order valence-electron chi connectivity index (χ3n) is 4.69. The number of benzene rings is 3. The van der Waals surface area contributed by atoms with Crippen LogP contribution in [0.15, 0.2) is 72.9 Å². The number of hydrogen-bond donors (Lipinski definition) is 1. The highest BCUT2D eigenvalue weighted by atomic mass is 35.5. The highest BCUT2D eigenvalue weighted by Crippen LogP contribution is 2.18. The van der Waals surface area contributed by atoms with Crippen molar-refractivity contribution in [1.29, 1.82) is 0 Å². The predicted molar refractivity (Wildman–Crippen MR) is 113 cm³/mol. The Labute approximate surface area is 168 Å². The fraction of sp³-hybridized carbons (Fsp3) is 0.130. The van der Waals surface area contributed by atoms with Gasteiger partial charge in [-0.1, -0.05) is 59.6 Å². The quantitative estimate of drug-likeness (QED) is 0.523. The zero-order valence-corrected chi connectivity index (χ0v) is 16.3. The molecule has 140 valence electrons. The Morgan fingerprint density at radius 3 is 2.64 bits per heavy atom. The first kappa shape index (κ1) is 18.3. The van der Waals surface area contributed by atoms with Gasteiger partial charge in [0, 0.05) is 22.5 Å². The molecular formula is C23H20ClN3O. The molecule has 0 aliphatic rings. The van der Waals surface area contributed by atoms with E-state index in [2.05, 4.69) is 16.5 Å². The third kappa shape index (κ3) is 4.07. The van der Waals surface area contributed by atoms with Crippen LogP contribution in [-0.2, 0) is 13.1 Å². The number of nitrogens with zero attached hydrogens (tertiary/aromatic N) is 2. The Bertz CT molecular complexity index is 1130. The van der Waals surface area contributed by atoms with E-state index in [0.29, 0.717) is 23.7 Å². The molecule has 4 rings (SSSR count). The van der Waals surface area contributed by atoms with E-state index >= 15 is 0 Å². The predicted octanol–water partition coefficient (Wildman–Crippen LogP) is 4.98. The fourth-order valence-electron chi connectivity index (χ4n) is 3.21. The molecule has 0 spiro atoms. The van der Waals surface area contributed by atoms with E-state index in [9.17, 15) is 4.79 Å². The standard InChI is InChI=1S/C23H20ClN3O/c1-16-3-2-4-18(11-16)13-25-23(28)19-7-8-20-14-26-27(22(20)12-19)15-17-5-9-21(24)10-6-17/h2-12,14H,13,15H2,1H3,(H,25,28). The number of nitrogens with one attached hydrogen (secondary N) is 1. The van der Waals surface area contributed by atoms with Crippen LogP contribution < -0.4 is 5.32 Å². The van der Waals surface area contributed by atoms with Gasteiger partial charge in [0.25, 0.3) is 5.91 Å². The molecule has 1 amide bonds. The van der Waals surface area contributed by atoms with Gasteiger partial charge in [0.05, 0.1) is 18.3 Å². The van der Waals surface area contributed by atoms with Gasteiger partial charge in [-0.2, -0.15) is 5.10 Å². The van der Waals surface area contributed by atoms with Crippen molar-refractivity contribution in [3.63, 3.8) is 0 Å². The maximum atomic E-state index is 12.6. The average Bonchev–Trinajstić information content (AvgIpc) is 3.10. The molecule has 0 aliphatic carbocycles. The van der Waals surface area contributed by atoms with Gasteiger partial charge in [0.2, 0.25) is 0 Å². The van der Waals surface area contributed by atoms with Crippen LogP contribution >= 0.6 is 11.6 Å². The van der Waals surface area contributed by atoms with Crippen molar-refractivity contribution in [3.8, 4) is 0 Å². The van der Waals surface area contributed by atoms with Gasteiger partial charge >= 0.3 is 0 Å². The van der Waals surface area contributed by atoms with Gasteiger partial charge < -0.3 is 5.32 Å². The number of halogens is 1. The lowest BCUT2D eigenvalue weighted by Gasteiger charge is -2.08. The van der Waals surface area contributed by atoms with Crippen molar-refractivity contribution in [2.75, 3.05) is 0 Å². The Morgan fingerprint density at radius 2 is 1.86 bits per heavy atom. The maximum Gasteiger partial charge on any atom is 0.251 e. The van der Waals surface area contributed by atoms with E-state index in [1.807, 2.05) is 78.5 Å². The summed E-state index contributed by atoms with van der Waals surface area (Å²) in [5, 5.41) is 9.17. The molecule has 0 aliphatic heterocycles. The lowest BCUT2D eigenvalue weighted by molar-refractivity contribution is 0.0951. The van der Waals surface area contributed by atoms with Crippen molar-refractivity contribution in [2.45, 2.75) is 20.0 Å². The minimum atomic E-state index is -0.0948. The van der Waals surface area contributed by atoms with Crippen LogP contribution in [0.5, 0.6) is 0 Å². The minimum Gasteiger partial charge on any atom is -0.348 e. The van der Waals surface area contributed by atoms with Gasteiger partial charge in [0.15, 0.2) is 0 Å². The van der Waals surface area contributed by atoms with E-state index in [-0.39, 0.29) is 5.91 Å². The zero-order chi connectivity index (χ0) is 19.5. The Hall–Kier alpha value is -3.11. The molecule has 1 N–H and O–H groups in total. The topological polar surface area (TPSA) is 46.9 Å². The number of hydrogen-bond acceptors (Lipinski definition) is 2. The molecule has 4 aromatic rings. The van der Waals surface area contributed by atoms with Gasteiger partial charge in [-0.25, -0.2) is 0 Å². The first-order chi connectivity index (χ1) is 13.6. The number of amides is 1. The Morgan fingerprint density at radius 1 is 1.04 bits per heavy atom. The first-order valence-corrected chi connectivity index (χ1v) is 9.50. The highest BCUT2D eigenvalue weighted by molar-refractivity contribution is 6.30. The first-order valence-electron chi connectivity index (χ1n) is 9.12. The molecule has 0 bridgehead atoms. The molecule has 3 aromatic carbocycles. The molecule has 1 aromatic heterocycles. The van der Waals surface area contributed by atoms with E-state index in [1.165, 1.54) is 5.56 Å². The van der Waals surface area contributed by atoms with Crippen LogP contribution in [0.25, 0.3) is 10.9 Å². The number of aromatic nitrogens is 2. The van der Waals surface area contributed by atoms with Crippen molar-refractivity contribution < 1.29 is 4.79 Å². The second kappa shape index (κ2) is 7.87. The van der Waals surface area contributed by atoms with Gasteiger partial charge in [-0.3, -0.25) is 9.48 Å². The monoisotopic (exact) mass is 389 g/mol. The summed E-state index contributed by atoms with van der Waals surface area (Å²) in [5.74, 6) is -0.0948. The van der Waals surface area contributed by atoms with Gasteiger partial charge in [0.1, 0.15) is 0 Å². The third-order valence-corrected chi connectivity index (χ3v) is 4.94. The summed E-state index contributed by atoms with van der Waals surface area (Å²) in [5.41, 5.74) is 4.92. The highest BCUT2D eigenvalue weighted by Gasteiger charge is 2.10. The van der Waals surface area contributed by atoms with Crippen molar-refractivity contribution in [3.05, 3.63) is 100 Å². The molecule has 0 saturated heterocycles. The summed E-state index contributed by atoms with van der Waals surface area (Å²) in [6.07, 6.45) is 1.82. The van der Waals surface area contributed by atoms with E-state index in [4.69, 9.17) is 11.6 Å². The normalized spacial score (nSPS) is 10.9. The molecule has 4 nitrogen and oxygen atoms in total. The Balaban J connectivity index is 1.53. The molecule has 0 fully saturated rings. The lowest BCUT2D eigenvalue weighted by atomic mass is 10.1. The zero-order valence-electron chi connectivity index (χ0n) is 15.5. The molecule has 0 atom stereocenters. The number of aryl methyl sites for hydroxylation is 1. The van der Waals surface area contributed by atoms with E-state index < -0.39 is 0 Å². The minimum absolute atomic E-state index is 0.0948. The smallest absolute Gasteiger partial charge is 0.251 e. The molecule has 28 heavy (non-hydrogen) atoms. The summed E-state index contributed by atoms with van der Waals surface area (Å²) < 4.78 is 1.90. The SMILES string of the molecule is Cc1cccc(CNC(=O)c2ccc3cnn(Cc4ccc(Cl)cc4)c3c2)c1. The number of carbonyl (C=O) groups is 1. The number of rotatable bonds is 5. The summed E-state index contributed by atoms with van der Waals surface area (Å²) >= 11 is 5.96. The summed E-state index contributed by atoms with van der Waals surface area (Å²) in [6.45, 7) is 3.17. The molecule has 0 radical (unpaired) electrons. The summed E-state index contributed by atoms with van der Waals surface area (Å²) in [4.78, 5) is 12.6. The number of fused-ring (bicyclic) bond motifs is 1. The van der Waals surface area contributed by atoms with Crippen molar-refractivity contribution >= 4 is 28.4 Å². The molecule has 1 heterocycles. The second-order valence-corrected chi connectivity index (χ2v) is 7.31. The molecule has 0 unspecified atom stereocenters. The van der Waals surface area contributed by atoms with Crippen LogP contribution in [0, 0.1) is 6.92 Å². The van der Waals surface area contributed by atoms with Gasteiger partial charge in [-0.15, -0.1) is 0 Å². The van der Waals surface area contributed by atoms with E-state index in [1.54, 1.807) is 0 Å². The number of carbonyl (C=O) groups excluding carboxylic acids is 1. The summed E-state index contributed by atoms with van der Waals surface area (Å²) in [7, 11) is 0. The lowest BCUT2D eigenvalue weighted by Crippen LogP contribution is -2.22. The average molecular weight is 390 g/mol. The van der Waals surface area contributed by atoms with Crippen molar-refractivity contribution in [2.24, 2.45) is 0 Å². The van der Waals surface area contributed by atoms with E-state index in [0.717, 1.165) is 22.0 Å². The summed E-state index contributed by atoms with van der Waals surface area (Å²) in [6, 6.07) is 21.5. The molecular weight excluding hydrogens is 370 g/mol. The maximum absolute atomic E-state index is 12.6. The van der Waals surface area contributed by atoms with Gasteiger partial charge in [-0.05, 0) is 42.3 Å². The van der Waals surface area contributed by atoms with Crippen LogP contribution in [0.3, 0.4) is 0 Å². The molecule has 5 heteroatoms. The van der Waals surface area contributed by atoms with Crippen LogP contribution in [0.1, 0.15) is 27.0 Å². The van der Waals surface area contributed by atoms with Crippen molar-refractivity contribution in [1.82, 2.24) is 15.1 Å².